The summed E-state index contributed by atoms with van der Waals surface area (Å²) in [7, 11) is -4.17. The number of para-hydroxylation sites is 2. The molecule has 38 heavy (non-hydrogen) atoms. The number of amides is 1. The first-order chi connectivity index (χ1) is 17.8. The van der Waals surface area contributed by atoms with Crippen LogP contribution in [-0.2, 0) is 9.36 Å². The minimum absolute atomic E-state index is 0.251. The Balaban J connectivity index is 0.000000638. The molecule has 3 rings (SSSR count). The van der Waals surface area contributed by atoms with Crippen LogP contribution in [0.4, 0.5) is 23.7 Å². The zero-order valence-corrected chi connectivity index (χ0v) is 20.1. The zero-order chi connectivity index (χ0) is 28.3. The van der Waals surface area contributed by atoms with E-state index >= 15 is 0 Å². The summed E-state index contributed by atoms with van der Waals surface area (Å²) in [5.74, 6) is -3.83. The van der Waals surface area contributed by atoms with Gasteiger partial charge >= 0.3 is 25.8 Å². The quantitative estimate of drug-likeness (QED) is 0.123. The van der Waals surface area contributed by atoms with Crippen LogP contribution in [-0.4, -0.2) is 34.4 Å². The van der Waals surface area contributed by atoms with Crippen molar-refractivity contribution in [2.45, 2.75) is 12.0 Å². The number of carboxylic acid groups (broad SMARTS) is 2. The van der Waals surface area contributed by atoms with Gasteiger partial charge in [-0.2, -0.15) is 13.2 Å². The zero-order valence-electron chi connectivity index (χ0n) is 19.3. The van der Waals surface area contributed by atoms with Crippen molar-refractivity contribution in [1.29, 1.82) is 5.41 Å². The highest BCUT2D eigenvalue weighted by Gasteiger charge is 2.42. The molecule has 0 saturated carbocycles. The van der Waals surface area contributed by atoms with Crippen LogP contribution in [0.1, 0.15) is 11.3 Å². The maximum Gasteiger partial charge on any atom is 0.490 e. The molecule has 3 aromatic carbocycles. The van der Waals surface area contributed by atoms with Crippen LogP contribution in [0, 0.1) is 5.41 Å². The average molecular weight is 554 g/mol. The Labute approximate surface area is 214 Å². The molecular weight excluding hydrogens is 532 g/mol. The van der Waals surface area contributed by atoms with E-state index in [-0.39, 0.29) is 17.5 Å². The first-order valence-corrected chi connectivity index (χ1v) is 12.0. The Hall–Kier alpha value is -4.71. The summed E-state index contributed by atoms with van der Waals surface area (Å²) < 4.78 is 57.3. The first-order valence-electron chi connectivity index (χ1n) is 10.4. The number of guanidine groups is 1. The number of benzene rings is 3. The molecule has 7 N–H and O–H groups in total. The Bertz CT molecular complexity index is 1230. The molecule has 202 valence electrons. The average Bonchev–Trinajstić information content (AvgIpc) is 2.83. The second-order valence-corrected chi connectivity index (χ2v) is 9.13. The van der Waals surface area contributed by atoms with Crippen molar-refractivity contribution in [3.05, 3.63) is 90.5 Å². The highest BCUT2D eigenvalue weighted by atomic mass is 31.2. The molecule has 0 radical (unpaired) electrons. The molecule has 1 unspecified atom stereocenters. The number of aliphatic carboxylic acids is 1. The fraction of sp³-hybridized carbons (Fsp3) is 0.0870. The van der Waals surface area contributed by atoms with E-state index in [0.29, 0.717) is 11.3 Å². The molecule has 0 fully saturated rings. The molecule has 15 heteroatoms. The number of carboxylic acids is 1. The fourth-order valence-electron chi connectivity index (χ4n) is 2.75. The van der Waals surface area contributed by atoms with Crippen molar-refractivity contribution >= 4 is 31.3 Å². The molecule has 0 aliphatic rings. The molecule has 0 spiro atoms. The van der Waals surface area contributed by atoms with Crippen LogP contribution in [0.3, 0.4) is 0 Å². The Morgan fingerprint density at radius 1 is 0.868 bits per heavy atom. The molecule has 0 aliphatic carbocycles. The maximum atomic E-state index is 14.0. The lowest BCUT2D eigenvalue weighted by atomic mass is 10.2. The van der Waals surface area contributed by atoms with Crippen molar-refractivity contribution in [3.63, 3.8) is 0 Å². The third-order valence-electron chi connectivity index (χ3n) is 4.28. The van der Waals surface area contributed by atoms with Crippen LogP contribution in [0.5, 0.6) is 11.5 Å². The third-order valence-corrected chi connectivity index (χ3v) is 6.27. The summed E-state index contributed by atoms with van der Waals surface area (Å²) in [6.07, 6.45) is -6.48. The van der Waals surface area contributed by atoms with Gasteiger partial charge in [-0.15, -0.1) is 0 Å². The second kappa shape index (κ2) is 13.0. The lowest BCUT2D eigenvalue weighted by molar-refractivity contribution is -0.192. The van der Waals surface area contributed by atoms with E-state index in [1.807, 2.05) is 0 Å². The van der Waals surface area contributed by atoms with Crippen molar-refractivity contribution in [3.8, 4) is 11.5 Å². The van der Waals surface area contributed by atoms with E-state index in [4.69, 9.17) is 30.1 Å². The van der Waals surface area contributed by atoms with Gasteiger partial charge in [0.1, 0.15) is 11.5 Å². The van der Waals surface area contributed by atoms with Gasteiger partial charge in [-0.1, -0.05) is 48.5 Å². The Kier molecular flexibility index (Phi) is 10.1. The van der Waals surface area contributed by atoms with E-state index < -0.39 is 31.6 Å². The highest BCUT2D eigenvalue weighted by Crippen LogP contribution is 2.59. The molecular formula is C23H22F3N4O7P. The minimum atomic E-state index is -5.08. The molecule has 0 saturated heterocycles. The van der Waals surface area contributed by atoms with Crippen LogP contribution < -0.4 is 25.4 Å². The number of hydrogen-bond acceptors (Lipinski definition) is 6. The van der Waals surface area contributed by atoms with E-state index in [1.165, 1.54) is 0 Å². The molecule has 0 aromatic heterocycles. The van der Waals surface area contributed by atoms with Crippen LogP contribution in [0.15, 0.2) is 84.9 Å². The smallest absolute Gasteiger partial charge is 0.475 e. The second-order valence-electron chi connectivity index (χ2n) is 7.16. The van der Waals surface area contributed by atoms with Crippen LogP contribution >= 0.6 is 7.60 Å². The van der Waals surface area contributed by atoms with Gasteiger partial charge in [-0.3, -0.25) is 5.41 Å². The number of alkyl halides is 3. The summed E-state index contributed by atoms with van der Waals surface area (Å²) in [6, 6.07) is 22.9. The van der Waals surface area contributed by atoms with E-state index in [2.05, 4.69) is 10.6 Å². The normalized spacial score (nSPS) is 11.7. The topological polar surface area (TPSA) is 184 Å². The summed E-state index contributed by atoms with van der Waals surface area (Å²) in [5, 5.41) is 28.7. The maximum absolute atomic E-state index is 14.0. The van der Waals surface area contributed by atoms with Gasteiger partial charge in [0.15, 0.2) is 11.7 Å². The molecule has 0 aliphatic heterocycles. The molecule has 1 atom stereocenters. The van der Waals surface area contributed by atoms with Crippen LogP contribution in [0.25, 0.3) is 0 Å². The molecule has 0 bridgehead atoms. The van der Waals surface area contributed by atoms with Crippen molar-refractivity contribution in [2.24, 2.45) is 5.73 Å². The van der Waals surface area contributed by atoms with Gasteiger partial charge in [0.25, 0.3) is 0 Å². The number of nitrogens with two attached hydrogens (primary N) is 1. The SMILES string of the molecule is N=C(N)Nc1ccc(C(NC(=O)O)P(=O)(Oc2ccccc2)Oc2ccccc2)cc1.O=C(O)C(F)(F)F. The molecule has 1 amide bonds. The van der Waals surface area contributed by atoms with Gasteiger partial charge in [-0.05, 0) is 42.0 Å². The first kappa shape index (κ1) is 29.5. The molecule has 11 nitrogen and oxygen atoms in total. The van der Waals surface area contributed by atoms with Crippen LogP contribution in [0.2, 0.25) is 0 Å². The number of rotatable bonds is 8. The molecule has 3 aromatic rings. The number of halogens is 3. The lowest BCUT2D eigenvalue weighted by Crippen LogP contribution is -2.29. The standard InChI is InChI=1S/C21H21N4O5P.C2HF3O2/c22-20(23)24-16-13-11-15(12-14-16)19(25-21(26)27)31(28,29-17-7-3-1-4-8-17)30-18-9-5-2-6-10-18;3-2(4,5)1(6)7/h1-14,19,25H,(H,26,27)(H4,22,23,24);(H,6,7). The largest absolute Gasteiger partial charge is 0.490 e. The van der Waals surface area contributed by atoms with Crippen molar-refractivity contribution < 1.29 is 46.6 Å². The Morgan fingerprint density at radius 3 is 1.63 bits per heavy atom. The van der Waals surface area contributed by atoms with Gasteiger partial charge in [0, 0.05) is 5.69 Å². The predicted molar refractivity (Wildman–Crippen MR) is 131 cm³/mol. The monoisotopic (exact) mass is 554 g/mol. The number of nitrogens with one attached hydrogen (secondary N) is 3. The van der Waals surface area contributed by atoms with Gasteiger partial charge in [0.05, 0.1) is 0 Å². The van der Waals surface area contributed by atoms with Crippen molar-refractivity contribution in [2.75, 3.05) is 5.32 Å². The summed E-state index contributed by atoms with van der Waals surface area (Å²) in [6.45, 7) is 0. The van der Waals surface area contributed by atoms with Gasteiger partial charge in [0.2, 0.25) is 0 Å². The summed E-state index contributed by atoms with van der Waals surface area (Å²) in [5.41, 5.74) is 6.17. The lowest BCUT2D eigenvalue weighted by Gasteiger charge is -2.27. The number of anilines is 1. The summed E-state index contributed by atoms with van der Waals surface area (Å²) in [4.78, 5) is 20.4. The number of carbonyl (C=O) groups is 2. The van der Waals surface area contributed by atoms with E-state index in [9.17, 15) is 27.6 Å². The predicted octanol–water partition coefficient (Wildman–Crippen LogP) is 5.24. The van der Waals surface area contributed by atoms with Gasteiger partial charge in [-0.25, -0.2) is 14.2 Å². The Morgan fingerprint density at radius 2 is 1.29 bits per heavy atom. The minimum Gasteiger partial charge on any atom is -0.475 e. The van der Waals surface area contributed by atoms with Crippen molar-refractivity contribution in [1.82, 2.24) is 5.32 Å². The number of hydrogen-bond donors (Lipinski definition) is 6. The fourth-order valence-corrected chi connectivity index (χ4v) is 4.63. The van der Waals surface area contributed by atoms with E-state index in [0.717, 1.165) is 0 Å². The third kappa shape index (κ3) is 9.39. The highest BCUT2D eigenvalue weighted by molar-refractivity contribution is 7.55. The van der Waals surface area contributed by atoms with Gasteiger partial charge < -0.3 is 35.6 Å². The van der Waals surface area contributed by atoms with E-state index in [1.54, 1.807) is 84.9 Å². The molecule has 0 heterocycles. The summed E-state index contributed by atoms with van der Waals surface area (Å²) >= 11 is 0.